The Bertz CT molecular complexity index is 1550. The number of phenolic OH excluding ortho intramolecular Hbond substituents is 1. The fourth-order valence-electron chi connectivity index (χ4n) is 6.96. The van der Waals surface area contributed by atoms with E-state index in [-0.39, 0.29) is 30.8 Å². The smallest absolute Gasteiger partial charge is 0.411 e. The summed E-state index contributed by atoms with van der Waals surface area (Å²) in [5, 5.41) is 25.1. The lowest BCUT2D eigenvalue weighted by Crippen LogP contribution is -2.74. The lowest BCUT2D eigenvalue weighted by atomic mass is 9.52. The van der Waals surface area contributed by atoms with Crippen molar-refractivity contribution in [3.8, 4) is 16.9 Å². The van der Waals surface area contributed by atoms with Gasteiger partial charge in [0.15, 0.2) is 34.7 Å². The van der Waals surface area contributed by atoms with Crippen LogP contribution in [0.1, 0.15) is 35.7 Å². The van der Waals surface area contributed by atoms with Crippen LogP contribution in [0.3, 0.4) is 0 Å². The number of fused-ring (bicyclic) bond motifs is 3. The predicted octanol–water partition coefficient (Wildman–Crippen LogP) is 1.49. The third-order valence-electron chi connectivity index (χ3n) is 8.82. The minimum Gasteiger partial charge on any atom is -0.507 e. The standard InChI is InChI=1S/C31H33N3O9/c1-4-11-43-30(41)33-16-7-5-14(6-8-16)17-9-10-20(35)22-18(17)12-15-13-19-24(34(2)3)26(37)23(29(32)40)28(39)31(19,42)27(38)21(15)25(22)36/h5-10,15,19,21,23-24,35,42H,4,11-13H2,1-3H3,(H2,32,40)(H,33,41)/t15-,19-,21?,23?,24-,31-/m0/s1. The average Bonchev–Trinajstić information content (AvgIpc) is 2.94. The molecule has 2 aromatic rings. The Balaban J connectivity index is 1.54. The lowest BCUT2D eigenvalue weighted by Gasteiger charge is -2.52. The van der Waals surface area contributed by atoms with Crippen LogP contribution in [0.2, 0.25) is 0 Å². The summed E-state index contributed by atoms with van der Waals surface area (Å²) in [6, 6.07) is 8.59. The second-order valence-electron chi connectivity index (χ2n) is 11.6. The first kappa shape index (κ1) is 30.1. The molecule has 0 bridgehead atoms. The van der Waals surface area contributed by atoms with E-state index in [1.54, 1.807) is 30.3 Å². The minimum absolute atomic E-state index is 0.0400. The van der Waals surface area contributed by atoms with Gasteiger partial charge in [-0.2, -0.15) is 0 Å². The number of ether oxygens (including phenoxy) is 1. The maximum absolute atomic E-state index is 13.9. The van der Waals surface area contributed by atoms with Crippen molar-refractivity contribution in [2.45, 2.75) is 37.8 Å². The second kappa shape index (κ2) is 11.0. The number of phenols is 1. The molecule has 3 aliphatic carbocycles. The number of benzene rings is 2. The van der Waals surface area contributed by atoms with Crippen LogP contribution in [0.25, 0.3) is 11.1 Å². The van der Waals surface area contributed by atoms with E-state index in [4.69, 9.17) is 10.5 Å². The molecule has 0 spiro atoms. The van der Waals surface area contributed by atoms with Crippen LogP contribution in [0.15, 0.2) is 36.4 Å². The van der Waals surface area contributed by atoms with Gasteiger partial charge in [-0.3, -0.25) is 34.2 Å². The van der Waals surface area contributed by atoms with Gasteiger partial charge in [-0.1, -0.05) is 25.1 Å². The second-order valence-corrected chi connectivity index (χ2v) is 11.6. The summed E-state index contributed by atoms with van der Waals surface area (Å²) in [6.07, 6.45) is 0.189. The summed E-state index contributed by atoms with van der Waals surface area (Å²) in [7, 11) is 3.07. The molecule has 226 valence electrons. The molecule has 6 atom stereocenters. The number of amides is 2. The van der Waals surface area contributed by atoms with Gasteiger partial charge in [0.05, 0.1) is 24.1 Å². The van der Waals surface area contributed by atoms with Gasteiger partial charge in [0.25, 0.3) is 0 Å². The highest BCUT2D eigenvalue weighted by Gasteiger charge is 2.69. The molecule has 2 aromatic carbocycles. The maximum Gasteiger partial charge on any atom is 0.411 e. The van der Waals surface area contributed by atoms with Gasteiger partial charge in [-0.25, -0.2) is 4.79 Å². The molecule has 3 aliphatic rings. The topological polar surface area (TPSA) is 193 Å². The molecule has 12 heteroatoms. The van der Waals surface area contributed by atoms with E-state index in [9.17, 15) is 39.0 Å². The molecule has 0 saturated heterocycles. The van der Waals surface area contributed by atoms with Gasteiger partial charge in [0.1, 0.15) is 5.75 Å². The van der Waals surface area contributed by atoms with E-state index in [0.717, 1.165) is 0 Å². The average molecular weight is 592 g/mol. The van der Waals surface area contributed by atoms with Crippen LogP contribution in [0.5, 0.6) is 5.75 Å². The Hall–Kier alpha value is -4.42. The van der Waals surface area contributed by atoms with E-state index in [1.807, 2.05) is 6.92 Å². The molecule has 0 aliphatic heterocycles. The number of primary amides is 1. The summed E-state index contributed by atoms with van der Waals surface area (Å²) in [4.78, 5) is 80.0. The van der Waals surface area contributed by atoms with Crippen LogP contribution >= 0.6 is 0 Å². The van der Waals surface area contributed by atoms with Gasteiger partial charge in [0, 0.05) is 11.6 Å². The monoisotopic (exact) mass is 591 g/mol. The highest BCUT2D eigenvalue weighted by atomic mass is 16.5. The molecule has 2 unspecified atom stereocenters. The first-order valence-corrected chi connectivity index (χ1v) is 14.1. The van der Waals surface area contributed by atoms with Crippen molar-refractivity contribution < 1.29 is 43.7 Å². The summed E-state index contributed by atoms with van der Waals surface area (Å²) < 4.78 is 5.04. The first-order chi connectivity index (χ1) is 20.3. The van der Waals surface area contributed by atoms with E-state index in [1.165, 1.54) is 25.1 Å². The molecule has 43 heavy (non-hydrogen) atoms. The molecular weight excluding hydrogens is 558 g/mol. The van der Waals surface area contributed by atoms with E-state index in [0.29, 0.717) is 28.8 Å². The Morgan fingerprint density at radius 3 is 2.35 bits per heavy atom. The van der Waals surface area contributed by atoms with E-state index < -0.39 is 70.4 Å². The summed E-state index contributed by atoms with van der Waals surface area (Å²) >= 11 is 0. The van der Waals surface area contributed by atoms with Gasteiger partial charge in [-0.15, -0.1) is 0 Å². The van der Waals surface area contributed by atoms with Crippen LogP contribution in [-0.4, -0.2) is 82.6 Å². The van der Waals surface area contributed by atoms with Crippen molar-refractivity contribution in [3.05, 3.63) is 47.5 Å². The Morgan fingerprint density at radius 1 is 1.07 bits per heavy atom. The molecule has 0 aromatic heterocycles. The molecule has 2 fully saturated rings. The van der Waals surface area contributed by atoms with Crippen LogP contribution in [0.4, 0.5) is 10.5 Å². The number of nitrogens with two attached hydrogens (primary N) is 1. The fraction of sp³-hybridized carbons (Fsp3) is 0.419. The van der Waals surface area contributed by atoms with Crippen molar-refractivity contribution in [3.63, 3.8) is 0 Å². The molecule has 5 N–H and O–H groups in total. The summed E-state index contributed by atoms with van der Waals surface area (Å²) in [6.45, 7) is 2.16. The molecular formula is C31H33N3O9. The van der Waals surface area contributed by atoms with Crippen LogP contribution < -0.4 is 11.1 Å². The number of hydrogen-bond donors (Lipinski definition) is 4. The SMILES string of the molecule is CCCOC(=O)Nc1ccc(-c2ccc(O)c3c2C[C@H]2C[C@H]4[C@H](N(C)C)C(=O)C(C(N)=O)C(=O)[C@@]4(O)C(=O)C2C3=O)cc1. The molecule has 2 amide bonds. The van der Waals surface area contributed by atoms with Crippen molar-refractivity contribution in [2.75, 3.05) is 26.0 Å². The Labute approximate surface area is 247 Å². The predicted molar refractivity (Wildman–Crippen MR) is 152 cm³/mol. The van der Waals surface area contributed by atoms with E-state index in [2.05, 4.69) is 5.32 Å². The number of likely N-dealkylation sites (N-methyl/N-ethyl adjacent to an activating group) is 1. The van der Waals surface area contributed by atoms with Gasteiger partial charge < -0.3 is 20.7 Å². The third-order valence-corrected chi connectivity index (χ3v) is 8.82. The van der Waals surface area contributed by atoms with Crippen molar-refractivity contribution in [2.24, 2.45) is 29.4 Å². The number of aliphatic hydroxyl groups is 1. The number of anilines is 1. The third kappa shape index (κ3) is 4.70. The fourth-order valence-corrected chi connectivity index (χ4v) is 6.96. The number of rotatable bonds is 6. The number of hydrogen-bond acceptors (Lipinski definition) is 10. The largest absolute Gasteiger partial charge is 0.507 e. The number of carbonyl (C=O) groups excluding carboxylic acids is 6. The van der Waals surface area contributed by atoms with Crippen LogP contribution in [-0.2, 0) is 30.3 Å². The zero-order valence-electron chi connectivity index (χ0n) is 24.0. The molecule has 0 heterocycles. The lowest BCUT2D eigenvalue weighted by molar-refractivity contribution is -0.181. The number of ketones is 4. The van der Waals surface area contributed by atoms with Crippen molar-refractivity contribution in [1.29, 1.82) is 0 Å². The minimum atomic E-state index is -2.77. The van der Waals surface area contributed by atoms with Gasteiger partial charge >= 0.3 is 6.09 Å². The number of aromatic hydroxyl groups is 1. The van der Waals surface area contributed by atoms with Gasteiger partial charge in [0.2, 0.25) is 5.91 Å². The number of nitrogens with one attached hydrogen (secondary N) is 1. The van der Waals surface area contributed by atoms with E-state index >= 15 is 0 Å². The highest BCUT2D eigenvalue weighted by molar-refractivity contribution is 6.32. The summed E-state index contributed by atoms with van der Waals surface area (Å²) in [5.41, 5.74) is 4.75. The van der Waals surface area contributed by atoms with Gasteiger partial charge in [-0.05, 0) is 74.2 Å². The normalized spacial score (nSPS) is 28.2. The van der Waals surface area contributed by atoms with Crippen molar-refractivity contribution in [1.82, 2.24) is 4.90 Å². The van der Waals surface area contributed by atoms with Crippen molar-refractivity contribution >= 4 is 40.8 Å². The number of Topliss-reactive ketones (excluding diaryl/α,β-unsaturated/α-hetero) is 4. The number of nitrogens with zero attached hydrogens (tertiary/aromatic N) is 1. The Kier molecular flexibility index (Phi) is 7.69. The quantitative estimate of drug-likeness (QED) is 0.358. The highest BCUT2D eigenvalue weighted by Crippen LogP contribution is 2.51. The maximum atomic E-state index is 13.9. The summed E-state index contributed by atoms with van der Waals surface area (Å²) in [5.74, 6) is -11.0. The zero-order chi connectivity index (χ0) is 31.4. The zero-order valence-corrected chi connectivity index (χ0v) is 24.0. The number of carbonyl (C=O) groups is 6. The first-order valence-electron chi connectivity index (χ1n) is 14.1. The molecule has 5 rings (SSSR count). The van der Waals surface area contributed by atoms with Crippen LogP contribution in [0, 0.1) is 23.7 Å². The molecule has 12 nitrogen and oxygen atoms in total. The Morgan fingerprint density at radius 2 is 1.74 bits per heavy atom. The molecule has 2 saturated carbocycles. The molecule has 0 radical (unpaired) electrons.